The number of hydrogen-bond donors (Lipinski definition) is 0. The van der Waals surface area contributed by atoms with Gasteiger partial charge < -0.3 is 4.90 Å². The molecule has 0 radical (unpaired) electrons. The van der Waals surface area contributed by atoms with Gasteiger partial charge in [0.15, 0.2) is 0 Å². The van der Waals surface area contributed by atoms with E-state index in [2.05, 4.69) is 23.6 Å². The first-order valence-electron chi connectivity index (χ1n) is 12.1. The summed E-state index contributed by atoms with van der Waals surface area (Å²) >= 11 is 14.1. The first kappa shape index (κ1) is 25.2. The summed E-state index contributed by atoms with van der Waals surface area (Å²) in [5.41, 5.74) is 1.37. The number of halogens is 2. The van der Waals surface area contributed by atoms with Crippen molar-refractivity contribution in [3.8, 4) is 0 Å². The minimum atomic E-state index is -3.74. The molecule has 0 atom stereocenters. The molecule has 11 heteroatoms. The van der Waals surface area contributed by atoms with Gasteiger partial charge in [-0.15, -0.1) is 11.3 Å². The van der Waals surface area contributed by atoms with Gasteiger partial charge in [-0.3, -0.25) is 4.90 Å². The van der Waals surface area contributed by atoms with E-state index in [1.54, 1.807) is 17.4 Å². The molecule has 1 fully saturated rings. The van der Waals surface area contributed by atoms with E-state index in [1.807, 2.05) is 0 Å². The molecule has 0 spiro atoms. The van der Waals surface area contributed by atoms with Crippen molar-refractivity contribution >= 4 is 60.6 Å². The average molecular weight is 555 g/mol. The molecule has 5 rings (SSSR count). The molecule has 0 saturated carbocycles. The van der Waals surface area contributed by atoms with Gasteiger partial charge >= 0.3 is 0 Å². The van der Waals surface area contributed by atoms with Gasteiger partial charge in [0.05, 0.1) is 10.4 Å². The van der Waals surface area contributed by atoms with E-state index in [-0.39, 0.29) is 9.92 Å². The molecule has 0 amide bonds. The lowest BCUT2D eigenvalue weighted by molar-refractivity contribution is 0.272. The van der Waals surface area contributed by atoms with E-state index in [9.17, 15) is 8.42 Å². The summed E-state index contributed by atoms with van der Waals surface area (Å²) in [6.45, 7) is 9.20. The lowest BCUT2D eigenvalue weighted by Crippen LogP contribution is -2.49. The van der Waals surface area contributed by atoms with Crippen molar-refractivity contribution in [3.05, 3.63) is 44.5 Å². The van der Waals surface area contributed by atoms with Crippen LogP contribution in [-0.4, -0.2) is 66.9 Å². The van der Waals surface area contributed by atoms with Crippen LogP contribution in [0.15, 0.2) is 23.1 Å². The van der Waals surface area contributed by atoms with Crippen molar-refractivity contribution < 1.29 is 8.42 Å². The molecule has 7 nitrogen and oxygen atoms in total. The fourth-order valence-electron chi connectivity index (χ4n) is 4.86. The van der Waals surface area contributed by atoms with E-state index in [4.69, 9.17) is 33.2 Å². The number of sulfonamides is 1. The van der Waals surface area contributed by atoms with Crippen molar-refractivity contribution in [2.45, 2.75) is 44.6 Å². The van der Waals surface area contributed by atoms with Gasteiger partial charge in [-0.2, -0.15) is 4.31 Å². The van der Waals surface area contributed by atoms with Gasteiger partial charge in [-0.05, 0) is 43.1 Å². The van der Waals surface area contributed by atoms with Crippen LogP contribution in [0, 0.1) is 0 Å². The standard InChI is InChI=1S/C24H29Cl2N5O2S2/c1-3-5-21-27-23(22-17-8-9-29(4-2)15-19(17)34-24(22)28-21)30-10-12-31(13-11-30)35(32,33)20-14-16(25)6-7-18(20)26/h6-7,14H,3-5,8-13,15H2,1-2H3. The smallest absolute Gasteiger partial charge is 0.244 e. The molecule has 2 aromatic heterocycles. The van der Waals surface area contributed by atoms with Crippen LogP contribution in [-0.2, 0) is 29.4 Å². The quantitative estimate of drug-likeness (QED) is 0.435. The van der Waals surface area contributed by atoms with Crippen LogP contribution in [0.25, 0.3) is 10.2 Å². The summed E-state index contributed by atoms with van der Waals surface area (Å²) in [4.78, 5) is 17.1. The maximum atomic E-state index is 13.3. The Morgan fingerprint density at radius 2 is 1.83 bits per heavy atom. The van der Waals surface area contributed by atoms with Crippen LogP contribution in [0.5, 0.6) is 0 Å². The number of hydrogen-bond acceptors (Lipinski definition) is 7. The summed E-state index contributed by atoms with van der Waals surface area (Å²) < 4.78 is 28.1. The Kier molecular flexibility index (Phi) is 7.27. The highest BCUT2D eigenvalue weighted by molar-refractivity contribution is 7.89. The summed E-state index contributed by atoms with van der Waals surface area (Å²) in [7, 11) is -3.74. The fraction of sp³-hybridized carbons (Fsp3) is 0.500. The highest BCUT2D eigenvalue weighted by Crippen LogP contribution is 2.39. The zero-order valence-corrected chi connectivity index (χ0v) is 23.1. The monoisotopic (exact) mass is 553 g/mol. The van der Waals surface area contributed by atoms with E-state index in [0.717, 1.165) is 60.8 Å². The number of aryl methyl sites for hydroxylation is 1. The number of nitrogens with zero attached hydrogens (tertiary/aromatic N) is 5. The summed E-state index contributed by atoms with van der Waals surface area (Å²) in [6.07, 6.45) is 2.80. The van der Waals surface area contributed by atoms with Crippen LogP contribution in [0.4, 0.5) is 5.82 Å². The predicted octanol–water partition coefficient (Wildman–Crippen LogP) is 4.84. The van der Waals surface area contributed by atoms with Crippen molar-refractivity contribution in [1.82, 2.24) is 19.2 Å². The van der Waals surface area contributed by atoms with Gasteiger partial charge in [0.25, 0.3) is 0 Å². The minimum absolute atomic E-state index is 0.0576. The second-order valence-electron chi connectivity index (χ2n) is 8.98. The third kappa shape index (κ3) is 4.79. The number of likely N-dealkylation sites (N-methyl/N-ethyl adjacent to an activating group) is 1. The molecular weight excluding hydrogens is 525 g/mol. The predicted molar refractivity (Wildman–Crippen MR) is 143 cm³/mol. The molecule has 0 unspecified atom stereocenters. The third-order valence-corrected chi connectivity index (χ3v) is 10.5. The van der Waals surface area contributed by atoms with Gasteiger partial charge in [0.2, 0.25) is 10.0 Å². The Bertz CT molecular complexity index is 1350. The molecule has 0 bridgehead atoms. The summed E-state index contributed by atoms with van der Waals surface area (Å²) in [5.74, 6) is 1.82. The summed E-state index contributed by atoms with van der Waals surface area (Å²) in [5, 5.41) is 1.70. The van der Waals surface area contributed by atoms with Gasteiger partial charge in [0, 0.05) is 55.6 Å². The molecule has 35 heavy (non-hydrogen) atoms. The zero-order chi connectivity index (χ0) is 24.7. The first-order valence-corrected chi connectivity index (χ1v) is 15.1. The topological polar surface area (TPSA) is 69.6 Å². The Balaban J connectivity index is 1.45. The average Bonchev–Trinajstić information content (AvgIpc) is 3.22. The Morgan fingerprint density at radius 1 is 1.06 bits per heavy atom. The van der Waals surface area contributed by atoms with Crippen LogP contribution in [0.3, 0.4) is 0 Å². The molecule has 0 N–H and O–H groups in total. The molecule has 188 valence electrons. The normalized spacial score (nSPS) is 17.8. The molecule has 4 heterocycles. The van der Waals surface area contributed by atoms with Crippen LogP contribution in [0.1, 0.15) is 36.5 Å². The number of piperazine rings is 1. The molecule has 2 aliphatic rings. The number of rotatable bonds is 6. The van der Waals surface area contributed by atoms with Gasteiger partial charge in [-0.25, -0.2) is 18.4 Å². The highest BCUT2D eigenvalue weighted by Gasteiger charge is 2.32. The molecule has 2 aliphatic heterocycles. The van der Waals surface area contributed by atoms with Crippen LogP contribution < -0.4 is 4.90 Å². The van der Waals surface area contributed by atoms with Crippen molar-refractivity contribution in [1.29, 1.82) is 0 Å². The van der Waals surface area contributed by atoms with Crippen molar-refractivity contribution in [2.24, 2.45) is 0 Å². The molecule has 3 aromatic rings. The summed E-state index contributed by atoms with van der Waals surface area (Å²) in [6, 6.07) is 4.55. The highest BCUT2D eigenvalue weighted by atomic mass is 35.5. The van der Waals surface area contributed by atoms with Crippen molar-refractivity contribution in [3.63, 3.8) is 0 Å². The second kappa shape index (κ2) is 10.1. The van der Waals surface area contributed by atoms with Gasteiger partial charge in [-0.1, -0.05) is 37.0 Å². The van der Waals surface area contributed by atoms with Crippen molar-refractivity contribution in [2.75, 3.05) is 44.2 Å². The first-order chi connectivity index (χ1) is 16.8. The van der Waals surface area contributed by atoms with E-state index < -0.39 is 10.0 Å². The number of thiophene rings is 1. The third-order valence-electron chi connectivity index (χ3n) is 6.78. The number of fused-ring (bicyclic) bond motifs is 3. The Hall–Kier alpha value is -1.49. The molecule has 1 aromatic carbocycles. The van der Waals surface area contributed by atoms with E-state index in [0.29, 0.717) is 31.2 Å². The lowest BCUT2D eigenvalue weighted by Gasteiger charge is -2.35. The number of aromatic nitrogens is 2. The lowest BCUT2D eigenvalue weighted by atomic mass is 10.0. The SMILES string of the molecule is CCCc1nc(N2CCN(S(=O)(=O)c3cc(Cl)ccc3Cl)CC2)c2c3c(sc2n1)CN(CC)CC3. The van der Waals surface area contributed by atoms with E-state index in [1.165, 1.54) is 26.9 Å². The van der Waals surface area contributed by atoms with Crippen LogP contribution in [0.2, 0.25) is 10.0 Å². The molecular formula is C24H29Cl2N5O2S2. The van der Waals surface area contributed by atoms with E-state index >= 15 is 0 Å². The minimum Gasteiger partial charge on any atom is -0.353 e. The van der Waals surface area contributed by atoms with Gasteiger partial charge in [0.1, 0.15) is 21.4 Å². The molecule has 1 saturated heterocycles. The number of benzene rings is 1. The largest absolute Gasteiger partial charge is 0.353 e. The number of anilines is 1. The maximum absolute atomic E-state index is 13.3. The Morgan fingerprint density at radius 3 is 2.54 bits per heavy atom. The second-order valence-corrected chi connectivity index (χ2v) is 12.8. The maximum Gasteiger partial charge on any atom is 0.244 e. The van der Waals surface area contributed by atoms with Crippen LogP contribution >= 0.6 is 34.5 Å². The fourth-order valence-corrected chi connectivity index (χ4v) is 8.29. The zero-order valence-electron chi connectivity index (χ0n) is 19.9. The molecule has 0 aliphatic carbocycles. The Labute approximate surface area is 220 Å².